The van der Waals surface area contributed by atoms with E-state index >= 15 is 0 Å². The first-order valence-corrected chi connectivity index (χ1v) is 15.3. The summed E-state index contributed by atoms with van der Waals surface area (Å²) in [6.45, 7) is 9.36. The molecule has 0 aliphatic heterocycles. The lowest BCUT2D eigenvalue weighted by Crippen LogP contribution is -2.39. The van der Waals surface area contributed by atoms with Crippen LogP contribution in [0.3, 0.4) is 0 Å². The number of benzene rings is 4. The average molecular weight is 600 g/mol. The molecule has 4 rings (SSSR count). The minimum Gasteiger partial charge on any atom is -0.488 e. The van der Waals surface area contributed by atoms with E-state index < -0.39 is 28.4 Å². The number of nitrogens with zero attached hydrogens (tertiary/aromatic N) is 1. The molecule has 0 atom stereocenters. The van der Waals surface area contributed by atoms with Gasteiger partial charge in [0.1, 0.15) is 18.9 Å². The summed E-state index contributed by atoms with van der Waals surface area (Å²) in [5.41, 5.74) is 9.20. The molecule has 2 amide bonds. The van der Waals surface area contributed by atoms with Crippen LogP contribution in [0.1, 0.15) is 53.4 Å². The molecule has 43 heavy (non-hydrogen) atoms. The van der Waals surface area contributed by atoms with Gasteiger partial charge in [0.05, 0.1) is 10.6 Å². The van der Waals surface area contributed by atoms with Gasteiger partial charge < -0.3 is 15.8 Å². The highest BCUT2D eigenvalue weighted by atomic mass is 32.2. The normalized spacial score (nSPS) is 11.6. The van der Waals surface area contributed by atoms with E-state index in [0.29, 0.717) is 29.3 Å². The van der Waals surface area contributed by atoms with Crippen LogP contribution >= 0.6 is 0 Å². The van der Waals surface area contributed by atoms with Crippen molar-refractivity contribution in [2.45, 2.75) is 51.5 Å². The topological polar surface area (TPSA) is 119 Å². The number of sulfonamides is 1. The summed E-state index contributed by atoms with van der Waals surface area (Å²) in [4.78, 5) is 25.6. The van der Waals surface area contributed by atoms with Gasteiger partial charge in [-0.15, -0.1) is 0 Å². The number of aryl methyl sites for hydroxylation is 1. The van der Waals surface area contributed by atoms with E-state index in [9.17, 15) is 18.0 Å². The van der Waals surface area contributed by atoms with Crippen molar-refractivity contribution in [1.29, 1.82) is 0 Å². The molecule has 4 aromatic carbocycles. The van der Waals surface area contributed by atoms with Crippen LogP contribution in [0.2, 0.25) is 0 Å². The van der Waals surface area contributed by atoms with Gasteiger partial charge >= 0.3 is 0 Å². The maximum atomic E-state index is 14.1. The highest BCUT2D eigenvalue weighted by Crippen LogP contribution is 2.36. The zero-order chi connectivity index (χ0) is 31.4. The molecule has 0 fully saturated rings. The second-order valence-electron chi connectivity index (χ2n) is 11.4. The van der Waals surface area contributed by atoms with Gasteiger partial charge in [0.25, 0.3) is 10.0 Å². The first-order valence-electron chi connectivity index (χ1n) is 13.9. The monoisotopic (exact) mass is 599 g/mol. The molecule has 0 aromatic heterocycles. The Balaban J connectivity index is 1.75. The molecule has 0 heterocycles. The van der Waals surface area contributed by atoms with Crippen LogP contribution in [-0.4, -0.2) is 26.8 Å². The molecule has 0 spiro atoms. The minimum absolute atomic E-state index is 0.0423. The Bertz CT molecular complexity index is 1730. The molecule has 0 aliphatic carbocycles. The largest absolute Gasteiger partial charge is 0.488 e. The fourth-order valence-electron chi connectivity index (χ4n) is 4.83. The molecule has 0 saturated heterocycles. The molecular formula is C34H37N3O5S. The van der Waals surface area contributed by atoms with Gasteiger partial charge in [-0.2, -0.15) is 0 Å². The van der Waals surface area contributed by atoms with Crippen LogP contribution in [0.15, 0.2) is 95.9 Å². The fourth-order valence-corrected chi connectivity index (χ4v) is 6.33. The van der Waals surface area contributed by atoms with E-state index in [1.807, 2.05) is 58.0 Å². The van der Waals surface area contributed by atoms with Crippen molar-refractivity contribution in [1.82, 2.24) is 0 Å². The summed E-state index contributed by atoms with van der Waals surface area (Å²) in [5.74, 6) is -0.680. The van der Waals surface area contributed by atoms with Crippen molar-refractivity contribution < 1.29 is 22.7 Å². The zero-order valence-electron chi connectivity index (χ0n) is 25.0. The number of carbonyl (C=O) groups excluding carboxylic acids is 2. The smallest absolute Gasteiger partial charge is 0.264 e. The van der Waals surface area contributed by atoms with E-state index in [1.54, 1.807) is 49.4 Å². The lowest BCUT2D eigenvalue weighted by atomic mass is 9.85. The summed E-state index contributed by atoms with van der Waals surface area (Å²) in [6, 6.07) is 26.0. The summed E-state index contributed by atoms with van der Waals surface area (Å²) in [6.07, 6.45) is 0. The standard InChI is InChI=1S/C34H37N3O5S/c1-23-16-19-30(24(2)32(23)42-22-25-12-8-6-9-13-25)37(43(40,41)27-14-10-7-11-15-27)21-31(38)36-29-20-26(33(35)39)17-18-28(29)34(3,4)5/h6-20H,21-22H2,1-5H3,(H2,35,39)(H,36,38). The van der Waals surface area contributed by atoms with E-state index in [2.05, 4.69) is 5.32 Å². The molecule has 3 N–H and O–H groups in total. The van der Waals surface area contributed by atoms with Gasteiger partial charge in [0, 0.05) is 16.8 Å². The molecule has 4 aromatic rings. The number of amides is 2. The number of hydrogen-bond donors (Lipinski definition) is 2. The molecule has 8 nitrogen and oxygen atoms in total. The summed E-state index contributed by atoms with van der Waals surface area (Å²) in [5, 5.41) is 2.84. The highest BCUT2D eigenvalue weighted by Gasteiger charge is 2.30. The van der Waals surface area contributed by atoms with Gasteiger partial charge in [-0.1, -0.05) is 81.4 Å². The second-order valence-corrected chi connectivity index (χ2v) is 13.2. The molecular weight excluding hydrogens is 562 g/mol. The van der Waals surface area contributed by atoms with Crippen molar-refractivity contribution in [3.63, 3.8) is 0 Å². The lowest BCUT2D eigenvalue weighted by Gasteiger charge is -2.28. The van der Waals surface area contributed by atoms with Gasteiger partial charge in [0.15, 0.2) is 0 Å². The Morgan fingerprint density at radius 2 is 1.51 bits per heavy atom. The van der Waals surface area contributed by atoms with E-state index in [4.69, 9.17) is 10.5 Å². The Labute approximate surface area is 253 Å². The lowest BCUT2D eigenvalue weighted by molar-refractivity contribution is -0.114. The number of anilines is 2. The van der Waals surface area contributed by atoms with Gasteiger partial charge in [0.2, 0.25) is 11.8 Å². The zero-order valence-corrected chi connectivity index (χ0v) is 25.9. The van der Waals surface area contributed by atoms with Crippen LogP contribution < -0.4 is 20.1 Å². The van der Waals surface area contributed by atoms with Crippen molar-refractivity contribution >= 4 is 33.2 Å². The van der Waals surface area contributed by atoms with E-state index in [0.717, 1.165) is 21.0 Å². The molecule has 0 saturated carbocycles. The van der Waals surface area contributed by atoms with Crippen molar-refractivity contribution in [2.75, 3.05) is 16.2 Å². The predicted octanol–water partition coefficient (Wildman–Crippen LogP) is 6.11. The van der Waals surface area contributed by atoms with Crippen LogP contribution in [-0.2, 0) is 26.8 Å². The molecule has 0 aliphatic rings. The summed E-state index contributed by atoms with van der Waals surface area (Å²) in [7, 11) is -4.18. The van der Waals surface area contributed by atoms with Crippen molar-refractivity contribution in [2.24, 2.45) is 5.73 Å². The second kappa shape index (κ2) is 12.7. The summed E-state index contributed by atoms with van der Waals surface area (Å²) < 4.78 is 35.4. The SMILES string of the molecule is Cc1ccc(N(CC(=O)Nc2cc(C(N)=O)ccc2C(C)(C)C)S(=O)(=O)c2ccccc2)c(C)c1OCc1ccccc1. The Kier molecular flexibility index (Phi) is 9.25. The number of nitrogens with two attached hydrogens (primary N) is 1. The molecule has 9 heteroatoms. The Morgan fingerprint density at radius 1 is 0.884 bits per heavy atom. The van der Waals surface area contributed by atoms with Crippen molar-refractivity contribution in [3.05, 3.63) is 119 Å². The first-order chi connectivity index (χ1) is 20.3. The van der Waals surface area contributed by atoms with E-state index in [1.165, 1.54) is 18.2 Å². The van der Waals surface area contributed by atoms with Crippen LogP contribution in [0.5, 0.6) is 5.75 Å². The maximum absolute atomic E-state index is 14.1. The third kappa shape index (κ3) is 7.24. The van der Waals surface area contributed by atoms with Crippen molar-refractivity contribution in [3.8, 4) is 5.75 Å². The Hall–Kier alpha value is -4.63. The van der Waals surface area contributed by atoms with Crippen LogP contribution in [0.25, 0.3) is 0 Å². The third-order valence-electron chi connectivity index (χ3n) is 7.07. The minimum atomic E-state index is -4.18. The number of rotatable bonds is 10. The Morgan fingerprint density at radius 3 is 2.12 bits per heavy atom. The van der Waals surface area contributed by atoms with Gasteiger partial charge in [-0.3, -0.25) is 13.9 Å². The fraction of sp³-hybridized carbons (Fsp3) is 0.235. The van der Waals surface area contributed by atoms with Crippen LogP contribution in [0.4, 0.5) is 11.4 Å². The third-order valence-corrected chi connectivity index (χ3v) is 8.85. The average Bonchev–Trinajstić information content (AvgIpc) is 2.96. The number of carbonyl (C=O) groups is 2. The maximum Gasteiger partial charge on any atom is 0.264 e. The number of primary amides is 1. The predicted molar refractivity (Wildman–Crippen MR) is 170 cm³/mol. The van der Waals surface area contributed by atoms with Gasteiger partial charge in [-0.05, 0) is 66.3 Å². The molecule has 0 bridgehead atoms. The van der Waals surface area contributed by atoms with E-state index in [-0.39, 0.29) is 15.9 Å². The van der Waals surface area contributed by atoms with Gasteiger partial charge in [-0.25, -0.2) is 8.42 Å². The molecule has 0 radical (unpaired) electrons. The highest BCUT2D eigenvalue weighted by molar-refractivity contribution is 7.92. The number of ether oxygens (including phenoxy) is 1. The molecule has 224 valence electrons. The first kappa shape index (κ1) is 31.3. The molecule has 0 unspecified atom stereocenters. The summed E-state index contributed by atoms with van der Waals surface area (Å²) >= 11 is 0. The van der Waals surface area contributed by atoms with Crippen LogP contribution in [0, 0.1) is 13.8 Å². The quantitative estimate of drug-likeness (QED) is 0.228. The number of nitrogens with one attached hydrogen (secondary N) is 1. The number of hydrogen-bond acceptors (Lipinski definition) is 5.